The number of carbonyl (C=O) groups excluding carboxylic acids is 1. The van der Waals surface area contributed by atoms with Gasteiger partial charge in [-0.15, -0.1) is 0 Å². The van der Waals surface area contributed by atoms with Crippen LogP contribution >= 0.6 is 0 Å². The van der Waals surface area contributed by atoms with Crippen molar-refractivity contribution in [3.8, 4) is 0 Å². The maximum atomic E-state index is 11.9. The Hall–Kier alpha value is -1.35. The molecule has 0 aromatic heterocycles. The topological polar surface area (TPSA) is 38.3 Å². The Morgan fingerprint density at radius 3 is 2.67 bits per heavy atom. The van der Waals surface area contributed by atoms with Gasteiger partial charge in [0.15, 0.2) is 0 Å². The van der Waals surface area contributed by atoms with E-state index in [0.29, 0.717) is 0 Å². The third-order valence-corrected chi connectivity index (χ3v) is 3.61. The molecule has 0 amide bonds. The number of nitrogens with one attached hydrogen (secondary N) is 1. The van der Waals surface area contributed by atoms with Gasteiger partial charge in [-0.3, -0.25) is 0 Å². The first-order valence-electron chi connectivity index (χ1n) is 6.50. The summed E-state index contributed by atoms with van der Waals surface area (Å²) >= 11 is 0. The molecule has 1 aromatic carbocycles. The van der Waals surface area contributed by atoms with Gasteiger partial charge in [-0.25, -0.2) is 4.79 Å². The number of methoxy groups -OCH3 is 1. The molecule has 1 aromatic rings. The van der Waals surface area contributed by atoms with Crippen LogP contribution in [0.2, 0.25) is 0 Å². The highest BCUT2D eigenvalue weighted by molar-refractivity contribution is 5.77. The number of esters is 1. The molecular weight excluding hydrogens is 226 g/mol. The molecule has 1 atom stereocenters. The number of carbonyl (C=O) groups is 1. The molecule has 1 saturated carbocycles. The molecule has 3 nitrogen and oxygen atoms in total. The summed E-state index contributed by atoms with van der Waals surface area (Å²) in [5.74, 6) is 0.530. The molecule has 0 saturated heterocycles. The van der Waals surface area contributed by atoms with Crippen LogP contribution in [-0.4, -0.2) is 19.6 Å². The highest BCUT2D eigenvalue weighted by Gasteiger charge is 2.26. The molecule has 1 aliphatic rings. The molecule has 18 heavy (non-hydrogen) atoms. The standard InChI is InChI=1S/C15H21NO2/c1-10-4-7-13(8-11(10)2)14(15(17)18-3)16-9-12-5-6-12/h4,7-8,12,14,16H,5-6,9H2,1-3H3. The van der Waals surface area contributed by atoms with Crippen LogP contribution in [0.5, 0.6) is 0 Å². The Balaban J connectivity index is 2.14. The van der Waals surface area contributed by atoms with Gasteiger partial charge in [-0.2, -0.15) is 0 Å². The summed E-state index contributed by atoms with van der Waals surface area (Å²) in [6, 6.07) is 5.79. The SMILES string of the molecule is COC(=O)C(NCC1CC1)c1ccc(C)c(C)c1. The van der Waals surface area contributed by atoms with Crippen molar-refractivity contribution in [2.24, 2.45) is 5.92 Å². The highest BCUT2D eigenvalue weighted by atomic mass is 16.5. The van der Waals surface area contributed by atoms with Crippen molar-refractivity contribution in [1.82, 2.24) is 5.32 Å². The highest BCUT2D eigenvalue weighted by Crippen LogP contribution is 2.29. The smallest absolute Gasteiger partial charge is 0.327 e. The summed E-state index contributed by atoms with van der Waals surface area (Å²) in [5.41, 5.74) is 3.43. The molecule has 0 bridgehead atoms. The number of aryl methyl sites for hydroxylation is 2. The van der Waals surface area contributed by atoms with Crippen LogP contribution in [0.1, 0.15) is 35.6 Å². The predicted molar refractivity (Wildman–Crippen MR) is 71.4 cm³/mol. The monoisotopic (exact) mass is 247 g/mol. The molecule has 0 heterocycles. The van der Waals surface area contributed by atoms with Gasteiger partial charge >= 0.3 is 5.97 Å². The lowest BCUT2D eigenvalue weighted by Gasteiger charge is -2.17. The largest absolute Gasteiger partial charge is 0.468 e. The van der Waals surface area contributed by atoms with Crippen molar-refractivity contribution in [2.45, 2.75) is 32.7 Å². The van der Waals surface area contributed by atoms with Gasteiger partial charge in [0.25, 0.3) is 0 Å². The fraction of sp³-hybridized carbons (Fsp3) is 0.533. The molecule has 0 radical (unpaired) electrons. The second kappa shape index (κ2) is 5.53. The maximum Gasteiger partial charge on any atom is 0.327 e. The third-order valence-electron chi connectivity index (χ3n) is 3.61. The zero-order valence-corrected chi connectivity index (χ0v) is 11.3. The van der Waals surface area contributed by atoms with E-state index in [0.717, 1.165) is 18.0 Å². The fourth-order valence-corrected chi connectivity index (χ4v) is 2.01. The van der Waals surface area contributed by atoms with Gasteiger partial charge < -0.3 is 10.1 Å². The molecule has 98 valence electrons. The van der Waals surface area contributed by atoms with Gasteiger partial charge in [-0.05, 0) is 55.8 Å². The van der Waals surface area contributed by atoms with Crippen LogP contribution in [-0.2, 0) is 9.53 Å². The van der Waals surface area contributed by atoms with Crippen molar-refractivity contribution < 1.29 is 9.53 Å². The van der Waals surface area contributed by atoms with Gasteiger partial charge in [0.1, 0.15) is 6.04 Å². The van der Waals surface area contributed by atoms with Crippen molar-refractivity contribution in [3.63, 3.8) is 0 Å². The molecule has 0 aliphatic heterocycles. The first-order chi connectivity index (χ1) is 8.61. The minimum Gasteiger partial charge on any atom is -0.468 e. The average Bonchev–Trinajstić information content (AvgIpc) is 3.17. The van der Waals surface area contributed by atoms with E-state index in [2.05, 4.69) is 31.3 Å². The Morgan fingerprint density at radius 2 is 2.11 bits per heavy atom. The average molecular weight is 247 g/mol. The summed E-state index contributed by atoms with van der Waals surface area (Å²) in [5, 5.41) is 3.32. The Labute approximate surface area is 109 Å². The maximum absolute atomic E-state index is 11.9. The van der Waals surface area contributed by atoms with Gasteiger partial charge in [0.2, 0.25) is 0 Å². The summed E-state index contributed by atoms with van der Waals surface area (Å²) in [7, 11) is 1.44. The number of hydrogen-bond donors (Lipinski definition) is 1. The van der Waals surface area contributed by atoms with E-state index in [9.17, 15) is 4.79 Å². The van der Waals surface area contributed by atoms with Crippen LogP contribution in [0, 0.1) is 19.8 Å². The van der Waals surface area contributed by atoms with E-state index in [1.54, 1.807) is 0 Å². The lowest BCUT2D eigenvalue weighted by molar-refractivity contribution is -0.143. The van der Waals surface area contributed by atoms with E-state index < -0.39 is 0 Å². The number of rotatable bonds is 5. The van der Waals surface area contributed by atoms with E-state index >= 15 is 0 Å². The van der Waals surface area contributed by atoms with E-state index in [1.165, 1.54) is 31.1 Å². The van der Waals surface area contributed by atoms with E-state index in [-0.39, 0.29) is 12.0 Å². The van der Waals surface area contributed by atoms with E-state index in [1.807, 2.05) is 6.07 Å². The molecule has 1 aliphatic carbocycles. The van der Waals surface area contributed by atoms with Gasteiger partial charge in [0.05, 0.1) is 7.11 Å². The lowest BCUT2D eigenvalue weighted by Crippen LogP contribution is -2.31. The molecule has 1 N–H and O–H groups in total. The minimum absolute atomic E-state index is 0.209. The summed E-state index contributed by atoms with van der Waals surface area (Å²) in [6.07, 6.45) is 2.54. The van der Waals surface area contributed by atoms with Gasteiger partial charge in [-0.1, -0.05) is 18.2 Å². The third kappa shape index (κ3) is 3.10. The van der Waals surface area contributed by atoms with Crippen molar-refractivity contribution in [3.05, 3.63) is 34.9 Å². The van der Waals surface area contributed by atoms with Crippen molar-refractivity contribution in [2.75, 3.05) is 13.7 Å². The van der Waals surface area contributed by atoms with Crippen molar-refractivity contribution in [1.29, 1.82) is 0 Å². The molecule has 3 heteroatoms. The molecule has 0 spiro atoms. The van der Waals surface area contributed by atoms with Crippen molar-refractivity contribution >= 4 is 5.97 Å². The summed E-state index contributed by atoms with van der Waals surface area (Å²) in [6.45, 7) is 5.03. The first-order valence-corrected chi connectivity index (χ1v) is 6.50. The van der Waals surface area contributed by atoms with Crippen LogP contribution in [0.3, 0.4) is 0 Å². The summed E-state index contributed by atoms with van der Waals surface area (Å²) < 4.78 is 4.89. The Bertz CT molecular complexity index is 438. The molecule has 1 unspecified atom stereocenters. The minimum atomic E-state index is -0.338. The Kier molecular flexibility index (Phi) is 4.02. The normalized spacial score (nSPS) is 16.4. The van der Waals surface area contributed by atoms with Crippen LogP contribution in [0.15, 0.2) is 18.2 Å². The number of ether oxygens (including phenoxy) is 1. The first kappa shape index (κ1) is 13.1. The molecule has 1 fully saturated rings. The summed E-state index contributed by atoms with van der Waals surface area (Å²) in [4.78, 5) is 11.9. The van der Waals surface area contributed by atoms with Crippen LogP contribution in [0.4, 0.5) is 0 Å². The quantitative estimate of drug-likeness (QED) is 0.812. The fourth-order valence-electron chi connectivity index (χ4n) is 2.01. The van der Waals surface area contributed by atoms with E-state index in [4.69, 9.17) is 4.74 Å². The molecular formula is C15H21NO2. The lowest BCUT2D eigenvalue weighted by atomic mass is 10.0. The second-order valence-corrected chi connectivity index (χ2v) is 5.15. The predicted octanol–water partition coefficient (Wildman–Crippen LogP) is 2.52. The molecule has 2 rings (SSSR count). The zero-order valence-electron chi connectivity index (χ0n) is 11.3. The second-order valence-electron chi connectivity index (χ2n) is 5.15. The van der Waals surface area contributed by atoms with Crippen LogP contribution < -0.4 is 5.32 Å². The van der Waals surface area contributed by atoms with Crippen LogP contribution in [0.25, 0.3) is 0 Å². The number of benzene rings is 1. The Morgan fingerprint density at radius 1 is 1.39 bits per heavy atom. The van der Waals surface area contributed by atoms with Gasteiger partial charge in [0, 0.05) is 0 Å². The zero-order chi connectivity index (χ0) is 13.1. The number of hydrogen-bond acceptors (Lipinski definition) is 3.